The van der Waals surface area contributed by atoms with Crippen LogP contribution in [0.4, 0.5) is 22.7 Å². The largest absolute Gasteiger partial charge is 0.508 e. The van der Waals surface area contributed by atoms with Crippen LogP contribution in [0.15, 0.2) is 66.7 Å². The number of carbonyl (C=O) groups excluding carboxylic acids is 4. The number of phenols is 3. The SMILES string of the molecule is CC(C)(Br)C(=O)Br.CC1=[N+](C)c2ccc(O)cc2C1(C)C.CN1c2ccc(OC(=O)C(C)(C)Br)cc2C(C)(C)C12C=Cc1cc([N+](=O)[O-])cc(OC(=O)C(C)(C)Br)c1O2.I.O=Cc1cc([N+](=O)[O-])cc(O)c1O. The maximum absolute atomic E-state index is 12.7. The van der Waals surface area contributed by atoms with Crippen LogP contribution in [-0.2, 0) is 25.2 Å². The first-order valence-corrected chi connectivity index (χ1v) is 24.9. The van der Waals surface area contributed by atoms with Gasteiger partial charge in [0.15, 0.2) is 35.0 Å². The van der Waals surface area contributed by atoms with Gasteiger partial charge in [-0.15, -0.1) is 24.0 Å². The van der Waals surface area contributed by atoms with Gasteiger partial charge in [-0.3, -0.25) is 39.4 Å². The first-order chi connectivity index (χ1) is 32.8. The molecular weight excluding hydrogens is 1330 g/mol. The van der Waals surface area contributed by atoms with E-state index in [9.17, 15) is 44.5 Å². The molecule has 3 heterocycles. The van der Waals surface area contributed by atoms with Gasteiger partial charge >= 0.3 is 11.9 Å². The molecule has 0 fully saturated rings. The summed E-state index contributed by atoms with van der Waals surface area (Å²) in [5.74, 6) is -1.49. The predicted molar refractivity (Wildman–Crippen MR) is 302 cm³/mol. The number of hydrogen-bond donors (Lipinski definition) is 3. The number of phenolic OH excluding ortho intramolecular Hbond substituents is 3. The van der Waals surface area contributed by atoms with E-state index in [0.29, 0.717) is 17.1 Å². The van der Waals surface area contributed by atoms with E-state index in [2.05, 4.69) is 96.1 Å². The molecule has 0 radical (unpaired) electrons. The van der Waals surface area contributed by atoms with Crippen LogP contribution in [0.5, 0.6) is 34.5 Å². The Balaban J connectivity index is 0.000000325. The fourth-order valence-corrected chi connectivity index (χ4v) is 7.64. The molecule has 0 aliphatic carbocycles. The van der Waals surface area contributed by atoms with Crippen LogP contribution in [0.2, 0.25) is 0 Å². The van der Waals surface area contributed by atoms with Gasteiger partial charge in [0, 0.05) is 49.0 Å². The molecule has 1 atom stereocenters. The van der Waals surface area contributed by atoms with Crippen LogP contribution >= 0.6 is 87.7 Å². The smallest absolute Gasteiger partial charge is 0.327 e. The van der Waals surface area contributed by atoms with E-state index in [1.165, 1.54) is 29.1 Å². The number of aldehydes is 1. The lowest BCUT2D eigenvalue weighted by atomic mass is 9.76. The predicted octanol–water partition coefficient (Wildman–Crippen LogP) is 12.2. The minimum atomic E-state index is -1.08. The number of aromatic hydroxyl groups is 3. The number of rotatable bonds is 8. The summed E-state index contributed by atoms with van der Waals surface area (Å²) < 4.78 is 17.8. The highest BCUT2D eigenvalue weighted by Crippen LogP contribution is 2.57. The summed E-state index contributed by atoms with van der Waals surface area (Å²) in [5.41, 5.74) is 3.11. The molecule has 4 aromatic rings. The number of carbonyl (C=O) groups is 4. The van der Waals surface area contributed by atoms with Crippen molar-refractivity contribution in [3.63, 3.8) is 0 Å². The Morgan fingerprint density at radius 3 is 1.84 bits per heavy atom. The molecule has 3 N–H and O–H groups in total. The molecule has 4 aromatic carbocycles. The number of anilines is 1. The summed E-state index contributed by atoms with van der Waals surface area (Å²) in [6.45, 7) is 20.7. The van der Waals surface area contributed by atoms with Gasteiger partial charge in [-0.25, -0.2) is 4.58 Å². The highest BCUT2D eigenvalue weighted by molar-refractivity contribution is 14.0. The zero-order valence-corrected chi connectivity index (χ0v) is 50.7. The number of hydrogen-bond acceptors (Lipinski definition) is 15. The van der Waals surface area contributed by atoms with Gasteiger partial charge in [0.05, 0.1) is 42.7 Å². The van der Waals surface area contributed by atoms with E-state index >= 15 is 0 Å². The Morgan fingerprint density at radius 2 is 1.33 bits per heavy atom. The van der Waals surface area contributed by atoms with E-state index in [1.54, 1.807) is 59.8 Å². The zero-order valence-electron chi connectivity index (χ0n) is 42.0. The molecule has 3 aliphatic heterocycles. The van der Waals surface area contributed by atoms with Crippen molar-refractivity contribution >= 4 is 145 Å². The fraction of sp³-hybridized carbons (Fsp3) is 0.380. The molecule has 18 nitrogen and oxygen atoms in total. The lowest BCUT2D eigenvalue weighted by molar-refractivity contribution is -0.403. The average Bonchev–Trinajstić information content (AvgIpc) is 3.54. The number of nitro groups is 2. The van der Waals surface area contributed by atoms with Crippen molar-refractivity contribution in [1.29, 1.82) is 0 Å². The second-order valence-electron chi connectivity index (χ2n) is 19.3. The Bertz CT molecular complexity index is 2940. The number of halogens is 5. The summed E-state index contributed by atoms with van der Waals surface area (Å²) in [5, 5.41) is 49.2. The lowest BCUT2D eigenvalue weighted by Gasteiger charge is -2.45. The minimum Gasteiger partial charge on any atom is -0.508 e. The number of nitrogens with zero attached hydrogens (tertiary/aromatic N) is 4. The quantitative estimate of drug-likeness (QED) is 0.0142. The van der Waals surface area contributed by atoms with E-state index in [1.807, 2.05) is 56.1 Å². The third-order valence-electron chi connectivity index (χ3n) is 12.1. The first-order valence-electron chi connectivity index (χ1n) is 21.7. The van der Waals surface area contributed by atoms with Crippen molar-refractivity contribution in [3.8, 4) is 34.5 Å². The zero-order chi connectivity index (χ0) is 55.0. The van der Waals surface area contributed by atoms with Gasteiger partial charge in [0.1, 0.15) is 27.2 Å². The average molecular weight is 1380 g/mol. The fourth-order valence-electron chi connectivity index (χ4n) is 7.48. The van der Waals surface area contributed by atoms with Crippen LogP contribution in [0.25, 0.3) is 6.08 Å². The van der Waals surface area contributed by atoms with Gasteiger partial charge in [0.2, 0.25) is 16.1 Å². The molecule has 7 rings (SSSR count). The number of benzene rings is 4. The standard InChI is InChI=1S/C27H28Br2N2O7.C12H15NO.C7H5NO5.C4H6Br2O.HI/c1-24(2)18-14-17(36-22(32)25(3,4)28)8-9-19(18)30(7)27(24)11-10-15-12-16(31(34)35)13-20(21(15)38-27)37-23(33)26(5,6)29;1-8-12(2,3)10-7-9(14)5-6-11(10)13(8)4;9-3-4-1-5(8(12)13)2-6(10)7(4)11;1-4(2,6)3(5)7;/h8-14H,1-7H3;5-7H,1-4H3;1-3,10-11H;1-2H3;1H/p+1. The molecular formula is C50H56Br4IN4O14+. The molecule has 73 heavy (non-hydrogen) atoms. The number of alkyl halides is 3. The van der Waals surface area contributed by atoms with Gasteiger partial charge in [-0.2, -0.15) is 0 Å². The van der Waals surface area contributed by atoms with Gasteiger partial charge in [-0.05, 0) is 133 Å². The van der Waals surface area contributed by atoms with E-state index < -0.39 is 63.1 Å². The Hall–Kier alpha value is -4.98. The summed E-state index contributed by atoms with van der Waals surface area (Å²) >= 11 is 12.6. The van der Waals surface area contributed by atoms with Crippen LogP contribution in [0.3, 0.4) is 0 Å². The summed E-state index contributed by atoms with van der Waals surface area (Å²) in [6, 6.07) is 15.2. The minimum absolute atomic E-state index is 0. The van der Waals surface area contributed by atoms with Crippen LogP contribution in [0.1, 0.15) is 103 Å². The van der Waals surface area contributed by atoms with Crippen LogP contribution in [0, 0.1) is 20.2 Å². The van der Waals surface area contributed by atoms with E-state index in [-0.39, 0.29) is 63.1 Å². The van der Waals surface area contributed by atoms with Gasteiger partial charge in [0.25, 0.3) is 11.4 Å². The van der Waals surface area contributed by atoms with Crippen molar-refractivity contribution < 1.29 is 63.1 Å². The van der Waals surface area contributed by atoms with Crippen molar-refractivity contribution in [3.05, 3.63) is 109 Å². The van der Waals surface area contributed by atoms with Crippen molar-refractivity contribution in [1.82, 2.24) is 0 Å². The molecule has 0 amide bonds. The number of non-ortho nitro benzene ring substituents is 2. The van der Waals surface area contributed by atoms with Crippen molar-refractivity contribution in [2.75, 3.05) is 19.0 Å². The number of likely N-dealkylation sites (N-methyl/N-ethyl adjacent to an activating group) is 1. The molecule has 0 aromatic heterocycles. The monoisotopic (exact) mass is 1380 g/mol. The maximum atomic E-state index is 12.7. The Kier molecular flexibility index (Phi) is 19.5. The summed E-state index contributed by atoms with van der Waals surface area (Å²) in [7, 11) is 3.94. The van der Waals surface area contributed by atoms with Crippen LogP contribution < -0.4 is 19.1 Å². The maximum Gasteiger partial charge on any atom is 0.327 e. The van der Waals surface area contributed by atoms with Crippen molar-refractivity contribution in [2.45, 2.75) is 106 Å². The number of esters is 2. The second kappa shape index (κ2) is 22.9. The third-order valence-corrected chi connectivity index (χ3v) is 14.7. The summed E-state index contributed by atoms with van der Waals surface area (Å²) in [6.07, 6.45) is 3.80. The second-order valence-corrected chi connectivity index (χ2v) is 26.0. The molecule has 3 aliphatic rings. The van der Waals surface area contributed by atoms with E-state index in [0.717, 1.165) is 23.4 Å². The highest BCUT2D eigenvalue weighted by Gasteiger charge is 2.58. The third kappa shape index (κ3) is 13.5. The highest BCUT2D eigenvalue weighted by atomic mass is 127. The molecule has 0 bridgehead atoms. The lowest BCUT2D eigenvalue weighted by Crippen LogP contribution is -2.58. The van der Waals surface area contributed by atoms with E-state index in [4.69, 9.17) is 24.4 Å². The molecule has 394 valence electrons. The molecule has 1 spiro atoms. The molecule has 0 saturated heterocycles. The molecule has 23 heteroatoms. The molecule has 0 saturated carbocycles. The molecule has 1 unspecified atom stereocenters. The number of fused-ring (bicyclic) bond motifs is 3. The Morgan fingerprint density at radius 1 is 0.795 bits per heavy atom. The number of ether oxygens (including phenoxy) is 3. The van der Waals surface area contributed by atoms with Crippen molar-refractivity contribution in [2.24, 2.45) is 0 Å². The number of nitro benzene ring substituents is 2. The van der Waals surface area contributed by atoms with Gasteiger partial charge in [-0.1, -0.05) is 47.8 Å². The Labute approximate surface area is 473 Å². The normalized spacial score (nSPS) is 16.5. The topological polar surface area (TPSA) is 249 Å². The van der Waals surface area contributed by atoms with Crippen LogP contribution in [-0.4, -0.2) is 91.2 Å². The van der Waals surface area contributed by atoms with Gasteiger partial charge < -0.3 is 34.4 Å². The summed E-state index contributed by atoms with van der Waals surface area (Å²) in [4.78, 5) is 68.2. The first kappa shape index (κ1) is 62.3.